The van der Waals surface area contributed by atoms with Gasteiger partial charge in [-0.05, 0) is 42.0 Å². The first kappa shape index (κ1) is 32.5. The van der Waals surface area contributed by atoms with E-state index in [-0.39, 0.29) is 28.1 Å². The van der Waals surface area contributed by atoms with Gasteiger partial charge in [-0.25, -0.2) is 8.78 Å². The minimum absolute atomic E-state index is 0.0670. The lowest BCUT2D eigenvalue weighted by atomic mass is 10.0. The van der Waals surface area contributed by atoms with Crippen LogP contribution < -0.4 is 20.3 Å². The summed E-state index contributed by atoms with van der Waals surface area (Å²) < 4.78 is 114. The average molecular weight is 650 g/mol. The number of fused-ring (bicyclic) bond motifs is 1. The topological polar surface area (TPSA) is 87.7 Å². The molecule has 234 valence electrons. The Morgan fingerprint density at radius 3 is 2.36 bits per heavy atom. The van der Waals surface area contributed by atoms with Crippen LogP contribution in [-0.4, -0.2) is 49.1 Å². The molecule has 1 heterocycles. The molecule has 16 heteroatoms. The number of rotatable bonds is 7. The second-order valence-electron chi connectivity index (χ2n) is 9.53. The van der Waals surface area contributed by atoms with E-state index in [9.17, 15) is 49.5 Å². The highest BCUT2D eigenvalue weighted by molar-refractivity contribution is 6.30. The molecule has 0 aromatic heterocycles. The molecule has 44 heavy (non-hydrogen) atoms. The van der Waals surface area contributed by atoms with Crippen LogP contribution in [0.4, 0.5) is 40.8 Å². The fourth-order valence-electron chi connectivity index (χ4n) is 4.37. The van der Waals surface area contributed by atoms with E-state index in [1.807, 2.05) is 5.32 Å². The highest BCUT2D eigenvalue weighted by Gasteiger charge is 2.41. The van der Waals surface area contributed by atoms with Gasteiger partial charge in [0, 0.05) is 17.5 Å². The molecule has 1 aliphatic rings. The van der Waals surface area contributed by atoms with Crippen LogP contribution in [0.5, 0.6) is 5.75 Å². The predicted molar refractivity (Wildman–Crippen MR) is 140 cm³/mol. The zero-order chi connectivity index (χ0) is 32.4. The van der Waals surface area contributed by atoms with Crippen molar-refractivity contribution in [1.29, 1.82) is 0 Å². The molecule has 1 aliphatic heterocycles. The van der Waals surface area contributed by atoms with Gasteiger partial charge in [-0.1, -0.05) is 29.8 Å². The number of carbonyl (C=O) groups is 3. The van der Waals surface area contributed by atoms with Crippen molar-refractivity contribution >= 4 is 35.0 Å². The Morgan fingerprint density at radius 1 is 1.00 bits per heavy atom. The first-order chi connectivity index (χ1) is 20.5. The second-order valence-corrected chi connectivity index (χ2v) is 9.97. The fourth-order valence-corrected chi connectivity index (χ4v) is 4.54. The minimum atomic E-state index is -5.18. The molecular weight excluding hydrogens is 630 g/mol. The Hall–Kier alpha value is -4.40. The van der Waals surface area contributed by atoms with Crippen LogP contribution in [0.3, 0.4) is 0 Å². The summed E-state index contributed by atoms with van der Waals surface area (Å²) in [6, 6.07) is 5.89. The number of hydrogen-bond donors (Lipinski definition) is 2. The Balaban J connectivity index is 1.65. The quantitative estimate of drug-likeness (QED) is 0.334. The van der Waals surface area contributed by atoms with Crippen molar-refractivity contribution in [2.24, 2.45) is 0 Å². The number of halogens is 9. The summed E-state index contributed by atoms with van der Waals surface area (Å²) in [6.45, 7) is -2.49. The van der Waals surface area contributed by atoms with Crippen molar-refractivity contribution in [2.75, 3.05) is 18.1 Å². The van der Waals surface area contributed by atoms with E-state index >= 15 is 0 Å². The largest absolute Gasteiger partial charge is 0.489 e. The van der Waals surface area contributed by atoms with Crippen molar-refractivity contribution in [3.8, 4) is 5.75 Å². The smallest absolute Gasteiger partial charge is 0.417 e. The number of alkyl halides is 6. The summed E-state index contributed by atoms with van der Waals surface area (Å²) >= 11 is 5.91. The molecule has 0 fully saturated rings. The molecular formula is C28H20ClF8N3O4. The lowest BCUT2D eigenvalue weighted by molar-refractivity contribution is -0.138. The Bertz CT molecular complexity index is 1580. The maximum atomic E-state index is 14.5. The highest BCUT2D eigenvalue weighted by Crippen LogP contribution is 2.36. The molecule has 3 amide bonds. The number of nitrogens with one attached hydrogen (secondary N) is 2. The van der Waals surface area contributed by atoms with Crippen molar-refractivity contribution in [3.05, 3.63) is 94.0 Å². The Labute approximate surface area is 248 Å². The van der Waals surface area contributed by atoms with Crippen LogP contribution in [0.1, 0.15) is 21.5 Å². The molecule has 4 rings (SSSR count). The van der Waals surface area contributed by atoms with Crippen LogP contribution in [-0.2, 0) is 22.2 Å². The van der Waals surface area contributed by atoms with Crippen molar-refractivity contribution in [3.63, 3.8) is 0 Å². The van der Waals surface area contributed by atoms with Gasteiger partial charge >= 0.3 is 12.4 Å². The minimum Gasteiger partial charge on any atom is -0.489 e. The summed E-state index contributed by atoms with van der Waals surface area (Å²) in [5, 5.41) is 4.25. The number of anilines is 1. The zero-order valence-corrected chi connectivity index (χ0v) is 22.8. The summed E-state index contributed by atoms with van der Waals surface area (Å²) in [7, 11) is 0. The maximum absolute atomic E-state index is 14.5. The summed E-state index contributed by atoms with van der Waals surface area (Å²) in [5.41, 5.74) is -3.21. The number of amides is 3. The molecule has 3 aromatic rings. The lowest BCUT2D eigenvalue weighted by Gasteiger charge is -2.27. The van der Waals surface area contributed by atoms with Crippen LogP contribution in [0.2, 0.25) is 5.02 Å². The normalized spacial score (nSPS) is 16.0. The summed E-state index contributed by atoms with van der Waals surface area (Å²) in [5.74, 6) is -6.40. The van der Waals surface area contributed by atoms with Gasteiger partial charge < -0.3 is 15.4 Å². The summed E-state index contributed by atoms with van der Waals surface area (Å²) in [4.78, 5) is 39.9. The Kier molecular flexibility index (Phi) is 9.37. The van der Waals surface area contributed by atoms with Crippen LogP contribution in [0.15, 0.2) is 60.7 Å². The molecule has 7 nitrogen and oxygen atoms in total. The van der Waals surface area contributed by atoms with Gasteiger partial charge in [-0.15, -0.1) is 0 Å². The first-order valence-corrected chi connectivity index (χ1v) is 12.9. The lowest BCUT2D eigenvalue weighted by Crippen LogP contribution is -2.57. The van der Waals surface area contributed by atoms with Gasteiger partial charge in [-0.2, -0.15) is 26.3 Å². The number of benzene rings is 3. The van der Waals surface area contributed by atoms with E-state index in [2.05, 4.69) is 5.32 Å². The van der Waals surface area contributed by atoms with Crippen molar-refractivity contribution in [2.45, 2.75) is 30.9 Å². The van der Waals surface area contributed by atoms with Gasteiger partial charge in [0.2, 0.25) is 5.91 Å². The third-order valence-electron chi connectivity index (χ3n) is 6.37. The standard InChI is InChI=1S/C28H20ClF8N3O4/c29-15-5-8-22-23(10-15)44-12-21(26(43)40(22)13-27(32,33)34)39-25(42)20(9-14-3-1-2-4-19(14)31)38-24(41)17-7-6-16(30)11-18(17)28(35,36)37/h1-8,10-11,20-21H,9,12-13H2,(H,38,41)(H,39,42)/t20-,21-/m1/s1. The van der Waals surface area contributed by atoms with Gasteiger partial charge in [0.25, 0.3) is 11.8 Å². The fraction of sp³-hybridized carbons (Fsp3) is 0.250. The summed E-state index contributed by atoms with van der Waals surface area (Å²) in [6.07, 6.45) is -10.7. The molecule has 0 spiro atoms. The third-order valence-corrected chi connectivity index (χ3v) is 6.61. The maximum Gasteiger partial charge on any atom is 0.417 e. The van der Waals surface area contributed by atoms with E-state index in [4.69, 9.17) is 16.3 Å². The van der Waals surface area contributed by atoms with E-state index in [0.29, 0.717) is 17.0 Å². The molecule has 0 radical (unpaired) electrons. The van der Waals surface area contributed by atoms with Crippen molar-refractivity contribution in [1.82, 2.24) is 10.6 Å². The van der Waals surface area contributed by atoms with Crippen molar-refractivity contribution < 1.29 is 54.2 Å². The Morgan fingerprint density at radius 2 is 1.70 bits per heavy atom. The molecule has 2 N–H and O–H groups in total. The number of hydrogen-bond acceptors (Lipinski definition) is 4. The monoisotopic (exact) mass is 649 g/mol. The SMILES string of the molecule is O=C(N[C@H](Cc1ccccc1F)C(=O)N[C@@H]1COc2cc(Cl)ccc2N(CC(F)(F)F)C1=O)c1ccc(F)cc1C(F)(F)F. The molecule has 0 unspecified atom stereocenters. The van der Waals surface area contributed by atoms with E-state index in [1.54, 1.807) is 0 Å². The molecule has 3 aromatic carbocycles. The number of ether oxygens (including phenoxy) is 1. The van der Waals surface area contributed by atoms with E-state index in [1.165, 1.54) is 24.3 Å². The highest BCUT2D eigenvalue weighted by atomic mass is 35.5. The van der Waals surface area contributed by atoms with Gasteiger partial charge in [0.05, 0.1) is 16.8 Å². The van der Waals surface area contributed by atoms with Crippen LogP contribution in [0.25, 0.3) is 0 Å². The van der Waals surface area contributed by atoms with Crippen LogP contribution >= 0.6 is 11.6 Å². The number of carbonyl (C=O) groups excluding carboxylic acids is 3. The van der Waals surface area contributed by atoms with Gasteiger partial charge in [0.1, 0.15) is 42.6 Å². The second kappa shape index (κ2) is 12.7. The molecule has 0 saturated carbocycles. The van der Waals surface area contributed by atoms with E-state index in [0.717, 1.165) is 18.2 Å². The van der Waals surface area contributed by atoms with E-state index < -0.39 is 84.5 Å². The molecule has 0 saturated heterocycles. The zero-order valence-electron chi connectivity index (χ0n) is 22.0. The predicted octanol–water partition coefficient (Wildman–Crippen LogP) is 5.45. The van der Waals surface area contributed by atoms with Crippen LogP contribution in [0, 0.1) is 11.6 Å². The number of nitrogens with zero attached hydrogens (tertiary/aromatic N) is 1. The third kappa shape index (κ3) is 7.75. The molecule has 0 bridgehead atoms. The first-order valence-electron chi connectivity index (χ1n) is 12.6. The van der Waals surface area contributed by atoms with Gasteiger partial charge in [-0.3, -0.25) is 19.3 Å². The van der Waals surface area contributed by atoms with Gasteiger partial charge in [0.15, 0.2) is 0 Å². The molecule has 2 atom stereocenters. The average Bonchev–Trinajstić information content (AvgIpc) is 3.04. The molecule has 0 aliphatic carbocycles.